The third-order valence-electron chi connectivity index (χ3n) is 2.08. The Kier molecular flexibility index (Phi) is 6.07. The minimum atomic E-state index is -0.190. The summed E-state index contributed by atoms with van der Waals surface area (Å²) in [6.07, 6.45) is 2.26. The van der Waals surface area contributed by atoms with E-state index in [9.17, 15) is 4.79 Å². The SMILES string of the molecule is CCCCOC(=O)CCOc1ccccc1. The second-order valence-corrected chi connectivity index (χ2v) is 3.49. The molecule has 1 aromatic rings. The fraction of sp³-hybridized carbons (Fsp3) is 0.462. The molecule has 3 heteroatoms. The van der Waals surface area contributed by atoms with Gasteiger partial charge in [-0.05, 0) is 18.6 Å². The predicted molar refractivity (Wildman–Crippen MR) is 62.4 cm³/mol. The summed E-state index contributed by atoms with van der Waals surface area (Å²) in [6.45, 7) is 2.95. The van der Waals surface area contributed by atoms with Gasteiger partial charge >= 0.3 is 5.97 Å². The minimum absolute atomic E-state index is 0.190. The van der Waals surface area contributed by atoms with Crippen LogP contribution in [0.3, 0.4) is 0 Å². The van der Waals surface area contributed by atoms with Crippen molar-refractivity contribution in [2.24, 2.45) is 0 Å². The third kappa shape index (κ3) is 5.39. The molecule has 0 fully saturated rings. The molecule has 0 amide bonds. The van der Waals surface area contributed by atoms with Crippen LogP contribution in [0.4, 0.5) is 0 Å². The average Bonchev–Trinajstić information content (AvgIpc) is 2.31. The monoisotopic (exact) mass is 222 g/mol. The molecule has 1 aromatic carbocycles. The van der Waals surface area contributed by atoms with Crippen molar-refractivity contribution in [2.75, 3.05) is 13.2 Å². The molecule has 0 aliphatic heterocycles. The van der Waals surface area contributed by atoms with Crippen molar-refractivity contribution < 1.29 is 14.3 Å². The van der Waals surface area contributed by atoms with Crippen molar-refractivity contribution in [1.29, 1.82) is 0 Å². The maximum absolute atomic E-state index is 11.2. The first-order valence-corrected chi connectivity index (χ1v) is 5.66. The standard InChI is InChI=1S/C13H18O3/c1-2-3-10-16-13(14)9-11-15-12-7-5-4-6-8-12/h4-8H,2-3,9-11H2,1H3. The maximum atomic E-state index is 11.2. The summed E-state index contributed by atoms with van der Waals surface area (Å²) in [5.74, 6) is 0.591. The largest absolute Gasteiger partial charge is 0.493 e. The van der Waals surface area contributed by atoms with Crippen LogP contribution >= 0.6 is 0 Å². The molecule has 0 radical (unpaired) electrons. The van der Waals surface area contributed by atoms with E-state index in [4.69, 9.17) is 9.47 Å². The van der Waals surface area contributed by atoms with Gasteiger partial charge in [0.1, 0.15) is 5.75 Å². The van der Waals surface area contributed by atoms with E-state index < -0.39 is 0 Å². The molecule has 0 N–H and O–H groups in total. The van der Waals surface area contributed by atoms with Crippen molar-refractivity contribution in [3.63, 3.8) is 0 Å². The third-order valence-corrected chi connectivity index (χ3v) is 2.08. The number of benzene rings is 1. The van der Waals surface area contributed by atoms with E-state index >= 15 is 0 Å². The van der Waals surface area contributed by atoms with Gasteiger partial charge in [-0.1, -0.05) is 31.5 Å². The number of rotatable bonds is 7. The number of ether oxygens (including phenoxy) is 2. The summed E-state index contributed by atoms with van der Waals surface area (Å²) in [5, 5.41) is 0. The molecule has 0 saturated carbocycles. The van der Waals surface area contributed by atoms with Gasteiger partial charge in [0.15, 0.2) is 0 Å². The first-order chi connectivity index (χ1) is 7.83. The highest BCUT2D eigenvalue weighted by atomic mass is 16.5. The molecule has 1 rings (SSSR count). The van der Waals surface area contributed by atoms with Crippen LogP contribution in [0, 0.1) is 0 Å². The van der Waals surface area contributed by atoms with Crippen LogP contribution in [0.25, 0.3) is 0 Å². The summed E-state index contributed by atoms with van der Waals surface area (Å²) in [4.78, 5) is 11.2. The number of para-hydroxylation sites is 1. The molecule has 0 unspecified atom stereocenters. The Bertz CT molecular complexity index is 295. The highest BCUT2D eigenvalue weighted by Gasteiger charge is 2.02. The second-order valence-electron chi connectivity index (χ2n) is 3.49. The Morgan fingerprint density at radius 2 is 1.94 bits per heavy atom. The van der Waals surface area contributed by atoms with Gasteiger partial charge in [0.25, 0.3) is 0 Å². The van der Waals surface area contributed by atoms with Crippen molar-refractivity contribution in [2.45, 2.75) is 26.2 Å². The van der Waals surface area contributed by atoms with Crippen LogP contribution in [0.1, 0.15) is 26.2 Å². The van der Waals surface area contributed by atoms with E-state index in [1.807, 2.05) is 30.3 Å². The van der Waals surface area contributed by atoms with Gasteiger partial charge in [0.05, 0.1) is 19.6 Å². The van der Waals surface area contributed by atoms with Gasteiger partial charge in [0.2, 0.25) is 0 Å². The van der Waals surface area contributed by atoms with Gasteiger partial charge in [-0.2, -0.15) is 0 Å². The fourth-order valence-electron chi connectivity index (χ4n) is 1.17. The lowest BCUT2D eigenvalue weighted by Gasteiger charge is -2.06. The molecule has 0 atom stereocenters. The number of carbonyl (C=O) groups excluding carboxylic acids is 1. The zero-order chi connectivity index (χ0) is 11.6. The van der Waals surface area contributed by atoms with E-state index in [1.165, 1.54) is 0 Å². The van der Waals surface area contributed by atoms with Crippen LogP contribution in [-0.2, 0) is 9.53 Å². The quantitative estimate of drug-likeness (QED) is 0.525. The molecule has 0 aromatic heterocycles. The van der Waals surface area contributed by atoms with Gasteiger partial charge < -0.3 is 9.47 Å². The zero-order valence-corrected chi connectivity index (χ0v) is 9.65. The highest BCUT2D eigenvalue weighted by molar-refractivity contribution is 5.69. The number of carbonyl (C=O) groups is 1. The Hall–Kier alpha value is -1.51. The Labute approximate surface area is 96.4 Å². The maximum Gasteiger partial charge on any atom is 0.309 e. The molecule has 0 bridgehead atoms. The molecule has 0 heterocycles. The van der Waals surface area contributed by atoms with Crippen LogP contribution in [-0.4, -0.2) is 19.2 Å². The topological polar surface area (TPSA) is 35.5 Å². The molecular formula is C13H18O3. The average molecular weight is 222 g/mol. The smallest absolute Gasteiger partial charge is 0.309 e. The summed E-state index contributed by atoms with van der Waals surface area (Å²) in [5.41, 5.74) is 0. The van der Waals surface area contributed by atoms with E-state index in [1.54, 1.807) is 0 Å². The normalized spacial score (nSPS) is 9.81. The minimum Gasteiger partial charge on any atom is -0.493 e. The Morgan fingerprint density at radius 1 is 1.19 bits per heavy atom. The summed E-state index contributed by atoms with van der Waals surface area (Å²) in [7, 11) is 0. The van der Waals surface area contributed by atoms with Crippen molar-refractivity contribution in [3.05, 3.63) is 30.3 Å². The zero-order valence-electron chi connectivity index (χ0n) is 9.65. The molecule has 3 nitrogen and oxygen atoms in total. The first-order valence-electron chi connectivity index (χ1n) is 5.66. The first kappa shape index (κ1) is 12.6. The van der Waals surface area contributed by atoms with Crippen LogP contribution < -0.4 is 4.74 Å². The molecule has 16 heavy (non-hydrogen) atoms. The molecule has 0 aliphatic rings. The van der Waals surface area contributed by atoms with Crippen molar-refractivity contribution in [1.82, 2.24) is 0 Å². The van der Waals surface area contributed by atoms with E-state index in [2.05, 4.69) is 6.92 Å². The lowest BCUT2D eigenvalue weighted by molar-refractivity contribution is -0.144. The van der Waals surface area contributed by atoms with E-state index in [0.29, 0.717) is 19.6 Å². The van der Waals surface area contributed by atoms with E-state index in [-0.39, 0.29) is 5.97 Å². The van der Waals surface area contributed by atoms with Gasteiger partial charge in [-0.25, -0.2) is 0 Å². The lowest BCUT2D eigenvalue weighted by Crippen LogP contribution is -2.10. The van der Waals surface area contributed by atoms with Crippen LogP contribution in [0.2, 0.25) is 0 Å². The number of unbranched alkanes of at least 4 members (excludes halogenated alkanes) is 1. The van der Waals surface area contributed by atoms with Gasteiger partial charge in [-0.3, -0.25) is 4.79 Å². The molecule has 0 spiro atoms. The fourth-order valence-corrected chi connectivity index (χ4v) is 1.17. The molecule has 0 saturated heterocycles. The Balaban J connectivity index is 2.09. The Morgan fingerprint density at radius 3 is 2.62 bits per heavy atom. The number of hydrogen-bond donors (Lipinski definition) is 0. The van der Waals surface area contributed by atoms with Crippen LogP contribution in [0.5, 0.6) is 5.75 Å². The van der Waals surface area contributed by atoms with E-state index in [0.717, 1.165) is 18.6 Å². The second kappa shape index (κ2) is 7.74. The number of esters is 1. The molecule has 0 aliphatic carbocycles. The van der Waals surface area contributed by atoms with Gasteiger partial charge in [0, 0.05) is 0 Å². The summed E-state index contributed by atoms with van der Waals surface area (Å²) >= 11 is 0. The lowest BCUT2D eigenvalue weighted by atomic mass is 10.3. The van der Waals surface area contributed by atoms with Gasteiger partial charge in [-0.15, -0.1) is 0 Å². The summed E-state index contributed by atoms with van der Waals surface area (Å²) in [6, 6.07) is 9.44. The predicted octanol–water partition coefficient (Wildman–Crippen LogP) is 2.80. The summed E-state index contributed by atoms with van der Waals surface area (Å²) < 4.78 is 10.4. The highest BCUT2D eigenvalue weighted by Crippen LogP contribution is 2.08. The van der Waals surface area contributed by atoms with Crippen molar-refractivity contribution in [3.8, 4) is 5.75 Å². The molecular weight excluding hydrogens is 204 g/mol. The van der Waals surface area contributed by atoms with Crippen LogP contribution in [0.15, 0.2) is 30.3 Å². The molecule has 88 valence electrons. The van der Waals surface area contributed by atoms with Crippen molar-refractivity contribution >= 4 is 5.97 Å². The number of hydrogen-bond acceptors (Lipinski definition) is 3.